The van der Waals surface area contributed by atoms with Gasteiger partial charge in [0.1, 0.15) is 0 Å². The summed E-state index contributed by atoms with van der Waals surface area (Å²) in [4.78, 5) is 14.7. The molecular weight excluding hydrogens is 320 g/mol. The van der Waals surface area contributed by atoms with Crippen LogP contribution in [0.4, 0.5) is 0 Å². The number of carbonyl (C=O) groups is 1. The van der Waals surface area contributed by atoms with Gasteiger partial charge in [-0.25, -0.2) is 0 Å². The van der Waals surface area contributed by atoms with Gasteiger partial charge in [0.15, 0.2) is 0 Å². The Kier molecular flexibility index (Phi) is 7.12. The van der Waals surface area contributed by atoms with Crippen LogP contribution >= 0.6 is 12.4 Å². The van der Waals surface area contributed by atoms with E-state index in [1.54, 1.807) is 0 Å². The number of hydrogen-bond acceptors (Lipinski definition) is 2. The molecule has 0 spiro atoms. The van der Waals surface area contributed by atoms with E-state index in [1.165, 1.54) is 36.8 Å². The molecule has 0 bridgehead atoms. The molecule has 2 aliphatic rings. The van der Waals surface area contributed by atoms with Crippen molar-refractivity contribution in [1.29, 1.82) is 0 Å². The van der Waals surface area contributed by atoms with Crippen LogP contribution in [0.3, 0.4) is 0 Å². The highest BCUT2D eigenvalue weighted by molar-refractivity contribution is 5.85. The van der Waals surface area contributed by atoms with E-state index in [2.05, 4.69) is 48.3 Å². The molecule has 2 heterocycles. The van der Waals surface area contributed by atoms with E-state index in [4.69, 9.17) is 0 Å². The van der Waals surface area contributed by atoms with Gasteiger partial charge in [-0.15, -0.1) is 12.4 Å². The predicted molar refractivity (Wildman–Crippen MR) is 102 cm³/mol. The maximum Gasteiger partial charge on any atom is 0.225 e. The number of nitrogens with one attached hydrogen (secondary N) is 1. The van der Waals surface area contributed by atoms with Gasteiger partial charge >= 0.3 is 0 Å². The number of carbonyl (C=O) groups excluding carboxylic acids is 1. The normalized spacial score (nSPS) is 20.2. The van der Waals surface area contributed by atoms with Gasteiger partial charge in [0, 0.05) is 19.0 Å². The first-order valence-corrected chi connectivity index (χ1v) is 9.18. The van der Waals surface area contributed by atoms with Gasteiger partial charge < -0.3 is 10.2 Å². The summed E-state index contributed by atoms with van der Waals surface area (Å²) in [5.74, 6) is 1.91. The molecule has 1 amide bonds. The standard InChI is InChI=1S/C20H30N2O.ClH/c1-15-3-5-17(6-4-15)7-8-18-9-11-22(12-10-18)20(23)16(2)19-13-21-14-19;/h3-6,16,18-19,21H,7-14H2,1-2H3;1H. The van der Waals surface area contributed by atoms with Crippen LogP contribution in [0.2, 0.25) is 0 Å². The monoisotopic (exact) mass is 350 g/mol. The lowest BCUT2D eigenvalue weighted by molar-refractivity contribution is -0.138. The molecule has 0 aliphatic carbocycles. The minimum absolute atomic E-state index is 0. The van der Waals surface area contributed by atoms with Gasteiger partial charge in [0.2, 0.25) is 5.91 Å². The minimum atomic E-state index is 0. The summed E-state index contributed by atoms with van der Waals surface area (Å²) in [5.41, 5.74) is 2.77. The smallest absolute Gasteiger partial charge is 0.225 e. The molecule has 1 aromatic carbocycles. The molecular formula is C20H31ClN2O. The number of aryl methyl sites for hydroxylation is 2. The Morgan fingerprint density at radius 3 is 2.38 bits per heavy atom. The van der Waals surface area contributed by atoms with Crippen LogP contribution < -0.4 is 5.32 Å². The molecule has 134 valence electrons. The fourth-order valence-corrected chi connectivity index (χ4v) is 3.72. The van der Waals surface area contributed by atoms with Gasteiger partial charge in [0.05, 0.1) is 0 Å². The second-order valence-corrected chi connectivity index (χ2v) is 7.50. The highest BCUT2D eigenvalue weighted by Gasteiger charge is 2.33. The Morgan fingerprint density at radius 2 is 1.83 bits per heavy atom. The molecule has 0 saturated carbocycles. The first-order chi connectivity index (χ1) is 11.1. The van der Waals surface area contributed by atoms with Crippen molar-refractivity contribution in [2.45, 2.75) is 39.5 Å². The van der Waals surface area contributed by atoms with Crippen molar-refractivity contribution in [3.05, 3.63) is 35.4 Å². The lowest BCUT2D eigenvalue weighted by Crippen LogP contribution is -2.51. The number of likely N-dealkylation sites (tertiary alicyclic amines) is 1. The van der Waals surface area contributed by atoms with E-state index < -0.39 is 0 Å². The average molecular weight is 351 g/mol. The maximum atomic E-state index is 12.5. The SMILES string of the molecule is Cc1ccc(CCC2CCN(C(=O)C(C)C3CNC3)CC2)cc1.Cl. The Balaban J connectivity index is 0.00000208. The molecule has 3 rings (SSSR count). The van der Waals surface area contributed by atoms with E-state index in [1.807, 2.05) is 0 Å². The number of benzene rings is 1. The molecule has 0 aromatic heterocycles. The minimum Gasteiger partial charge on any atom is -0.342 e. The molecule has 1 atom stereocenters. The van der Waals surface area contributed by atoms with Crippen LogP contribution in [0.25, 0.3) is 0 Å². The van der Waals surface area contributed by atoms with Gasteiger partial charge in [-0.1, -0.05) is 36.8 Å². The maximum absolute atomic E-state index is 12.5. The summed E-state index contributed by atoms with van der Waals surface area (Å²) >= 11 is 0. The van der Waals surface area contributed by atoms with Crippen LogP contribution in [-0.2, 0) is 11.2 Å². The van der Waals surface area contributed by atoms with Crippen molar-refractivity contribution >= 4 is 18.3 Å². The zero-order valence-corrected chi connectivity index (χ0v) is 15.8. The molecule has 2 fully saturated rings. The number of rotatable bonds is 5. The molecule has 2 aliphatic heterocycles. The van der Waals surface area contributed by atoms with Crippen molar-refractivity contribution < 1.29 is 4.79 Å². The summed E-state index contributed by atoms with van der Waals surface area (Å²) in [5, 5.41) is 3.27. The molecule has 4 heteroatoms. The van der Waals surface area contributed by atoms with Gasteiger partial charge in [-0.05, 0) is 63.1 Å². The highest BCUT2D eigenvalue weighted by Crippen LogP contribution is 2.25. The topological polar surface area (TPSA) is 32.3 Å². The number of nitrogens with zero attached hydrogens (tertiary/aromatic N) is 1. The molecule has 24 heavy (non-hydrogen) atoms. The third-order valence-electron chi connectivity index (χ3n) is 5.80. The van der Waals surface area contributed by atoms with Crippen LogP contribution in [0.5, 0.6) is 0 Å². The third-order valence-corrected chi connectivity index (χ3v) is 5.80. The Morgan fingerprint density at radius 1 is 1.21 bits per heavy atom. The highest BCUT2D eigenvalue weighted by atomic mass is 35.5. The molecule has 2 saturated heterocycles. The van der Waals surface area contributed by atoms with Crippen molar-refractivity contribution in [3.63, 3.8) is 0 Å². The average Bonchev–Trinajstić information content (AvgIpc) is 2.52. The zero-order valence-electron chi connectivity index (χ0n) is 15.0. The van der Waals surface area contributed by atoms with Crippen molar-refractivity contribution in [1.82, 2.24) is 10.2 Å². The summed E-state index contributed by atoms with van der Waals surface area (Å²) in [6, 6.07) is 8.91. The second kappa shape index (κ2) is 8.87. The summed E-state index contributed by atoms with van der Waals surface area (Å²) < 4.78 is 0. The van der Waals surface area contributed by atoms with E-state index in [9.17, 15) is 4.79 Å². The zero-order chi connectivity index (χ0) is 16.2. The summed E-state index contributed by atoms with van der Waals surface area (Å²) in [7, 11) is 0. The quantitative estimate of drug-likeness (QED) is 0.882. The van der Waals surface area contributed by atoms with Crippen molar-refractivity contribution in [3.8, 4) is 0 Å². The fraction of sp³-hybridized carbons (Fsp3) is 0.650. The lowest BCUT2D eigenvalue weighted by atomic mass is 9.86. The van der Waals surface area contributed by atoms with Crippen molar-refractivity contribution in [2.24, 2.45) is 17.8 Å². The first kappa shape index (κ1) is 19.3. The van der Waals surface area contributed by atoms with E-state index in [0.29, 0.717) is 11.8 Å². The van der Waals surface area contributed by atoms with Crippen LogP contribution in [0, 0.1) is 24.7 Å². The summed E-state index contributed by atoms with van der Waals surface area (Å²) in [6.45, 7) is 8.19. The van der Waals surface area contributed by atoms with E-state index >= 15 is 0 Å². The third kappa shape index (κ3) is 4.73. The second-order valence-electron chi connectivity index (χ2n) is 7.50. The molecule has 0 radical (unpaired) electrons. The van der Waals surface area contributed by atoms with E-state index in [-0.39, 0.29) is 18.3 Å². The molecule has 1 unspecified atom stereocenters. The Labute approximate surface area is 152 Å². The van der Waals surface area contributed by atoms with Crippen molar-refractivity contribution in [2.75, 3.05) is 26.2 Å². The number of halogens is 1. The van der Waals surface area contributed by atoms with E-state index in [0.717, 1.165) is 32.1 Å². The van der Waals surface area contributed by atoms with Crippen LogP contribution in [0.1, 0.15) is 37.3 Å². The molecule has 1 N–H and O–H groups in total. The first-order valence-electron chi connectivity index (χ1n) is 9.18. The number of amides is 1. The summed E-state index contributed by atoms with van der Waals surface area (Å²) in [6.07, 6.45) is 4.77. The Bertz CT molecular complexity index is 519. The van der Waals surface area contributed by atoms with Gasteiger partial charge in [0.25, 0.3) is 0 Å². The van der Waals surface area contributed by atoms with Crippen LogP contribution in [0.15, 0.2) is 24.3 Å². The predicted octanol–water partition coefficient (Wildman–Crippen LogP) is 3.44. The molecule has 1 aromatic rings. The number of piperidine rings is 1. The van der Waals surface area contributed by atoms with Gasteiger partial charge in [-0.2, -0.15) is 0 Å². The van der Waals surface area contributed by atoms with Gasteiger partial charge in [-0.3, -0.25) is 4.79 Å². The fourth-order valence-electron chi connectivity index (χ4n) is 3.72. The Hall–Kier alpha value is -1.06. The lowest BCUT2D eigenvalue weighted by Gasteiger charge is -2.38. The number of hydrogen-bond donors (Lipinski definition) is 1. The largest absolute Gasteiger partial charge is 0.342 e. The molecule has 3 nitrogen and oxygen atoms in total. The van der Waals surface area contributed by atoms with Crippen LogP contribution in [-0.4, -0.2) is 37.0 Å².